The number of halogens is 2. The number of aryl methyl sites for hydroxylation is 2. The first kappa shape index (κ1) is 17.4. The minimum Gasteiger partial charge on any atom is -0.451 e. The standard InChI is InChI=1S/C16H15ClFNO3S/c1-3-13-9(2)6-14(23-13)16(21)22-8-15(20)19-12-5-4-10(17)7-11(12)18/h4-7H,3,8H2,1-2H3,(H,19,20). The van der Waals surface area contributed by atoms with Gasteiger partial charge in [-0.25, -0.2) is 9.18 Å². The molecule has 2 rings (SSSR count). The summed E-state index contributed by atoms with van der Waals surface area (Å²) in [5.41, 5.74) is 1.01. The van der Waals surface area contributed by atoms with Gasteiger partial charge in [-0.1, -0.05) is 18.5 Å². The van der Waals surface area contributed by atoms with Gasteiger partial charge in [0.05, 0.1) is 5.69 Å². The highest BCUT2D eigenvalue weighted by atomic mass is 35.5. The molecule has 0 saturated carbocycles. The number of benzene rings is 1. The lowest BCUT2D eigenvalue weighted by Crippen LogP contribution is -2.21. The van der Waals surface area contributed by atoms with Crippen LogP contribution < -0.4 is 5.32 Å². The van der Waals surface area contributed by atoms with Crippen LogP contribution in [0.25, 0.3) is 0 Å². The van der Waals surface area contributed by atoms with Crippen molar-refractivity contribution in [3.63, 3.8) is 0 Å². The third kappa shape index (κ3) is 4.53. The molecule has 0 fully saturated rings. The molecule has 1 aromatic carbocycles. The minimum atomic E-state index is -0.654. The summed E-state index contributed by atoms with van der Waals surface area (Å²) in [7, 11) is 0. The van der Waals surface area contributed by atoms with Crippen LogP contribution in [0, 0.1) is 12.7 Å². The van der Waals surface area contributed by atoms with Crippen molar-refractivity contribution >= 4 is 40.5 Å². The predicted molar refractivity (Wildman–Crippen MR) is 88.8 cm³/mol. The van der Waals surface area contributed by atoms with Crippen molar-refractivity contribution in [2.75, 3.05) is 11.9 Å². The average Bonchev–Trinajstić information content (AvgIpc) is 2.89. The van der Waals surface area contributed by atoms with Gasteiger partial charge in [-0.05, 0) is 43.2 Å². The molecule has 0 aliphatic rings. The molecule has 2 aromatic rings. The van der Waals surface area contributed by atoms with E-state index in [1.807, 2.05) is 13.8 Å². The number of hydrogen-bond donors (Lipinski definition) is 1. The Morgan fingerprint density at radius 2 is 2.09 bits per heavy atom. The van der Waals surface area contributed by atoms with E-state index in [4.69, 9.17) is 16.3 Å². The van der Waals surface area contributed by atoms with Crippen LogP contribution in [-0.2, 0) is 16.0 Å². The lowest BCUT2D eigenvalue weighted by molar-refractivity contribution is -0.119. The van der Waals surface area contributed by atoms with Gasteiger partial charge in [0.2, 0.25) is 0 Å². The lowest BCUT2D eigenvalue weighted by Gasteiger charge is -2.07. The fraction of sp³-hybridized carbons (Fsp3) is 0.250. The van der Waals surface area contributed by atoms with E-state index in [9.17, 15) is 14.0 Å². The highest BCUT2D eigenvalue weighted by Crippen LogP contribution is 2.23. The van der Waals surface area contributed by atoms with Crippen LogP contribution in [0.3, 0.4) is 0 Å². The molecule has 23 heavy (non-hydrogen) atoms. The summed E-state index contributed by atoms with van der Waals surface area (Å²) in [6.45, 7) is 3.43. The van der Waals surface area contributed by atoms with Gasteiger partial charge in [0.25, 0.3) is 5.91 Å². The first-order chi connectivity index (χ1) is 10.9. The maximum Gasteiger partial charge on any atom is 0.348 e. The summed E-state index contributed by atoms with van der Waals surface area (Å²) in [6, 6.07) is 5.62. The van der Waals surface area contributed by atoms with Crippen LogP contribution in [0.15, 0.2) is 24.3 Å². The molecule has 4 nitrogen and oxygen atoms in total. The van der Waals surface area contributed by atoms with E-state index in [0.29, 0.717) is 4.88 Å². The number of hydrogen-bond acceptors (Lipinski definition) is 4. The number of esters is 1. The fourth-order valence-corrected chi connectivity index (χ4v) is 3.12. The van der Waals surface area contributed by atoms with Crippen molar-refractivity contribution in [3.8, 4) is 0 Å². The number of rotatable bonds is 5. The normalized spacial score (nSPS) is 10.4. The summed E-state index contributed by atoms with van der Waals surface area (Å²) < 4.78 is 18.5. The molecular weight excluding hydrogens is 341 g/mol. The molecule has 0 aliphatic heterocycles. The van der Waals surface area contributed by atoms with Crippen molar-refractivity contribution in [3.05, 3.63) is 50.4 Å². The van der Waals surface area contributed by atoms with Gasteiger partial charge in [0.15, 0.2) is 6.61 Å². The van der Waals surface area contributed by atoms with Crippen molar-refractivity contribution in [1.82, 2.24) is 0 Å². The molecule has 122 valence electrons. The highest BCUT2D eigenvalue weighted by Gasteiger charge is 2.15. The molecule has 0 aliphatic carbocycles. The maximum absolute atomic E-state index is 13.6. The Balaban J connectivity index is 1.91. The maximum atomic E-state index is 13.6. The molecule has 1 N–H and O–H groups in total. The molecular formula is C16H15ClFNO3S. The van der Waals surface area contributed by atoms with Gasteiger partial charge < -0.3 is 10.1 Å². The van der Waals surface area contributed by atoms with Crippen LogP contribution in [0.1, 0.15) is 27.0 Å². The van der Waals surface area contributed by atoms with Crippen LogP contribution in [0.5, 0.6) is 0 Å². The molecule has 1 heterocycles. The first-order valence-corrected chi connectivity index (χ1v) is 8.11. The number of ether oxygens (including phenoxy) is 1. The molecule has 0 unspecified atom stereocenters. The largest absolute Gasteiger partial charge is 0.451 e. The summed E-state index contributed by atoms with van der Waals surface area (Å²) in [5, 5.41) is 2.55. The highest BCUT2D eigenvalue weighted by molar-refractivity contribution is 7.14. The van der Waals surface area contributed by atoms with Gasteiger partial charge in [-0.2, -0.15) is 0 Å². The zero-order valence-electron chi connectivity index (χ0n) is 12.6. The van der Waals surface area contributed by atoms with Gasteiger partial charge in [-0.15, -0.1) is 11.3 Å². The van der Waals surface area contributed by atoms with E-state index in [2.05, 4.69) is 5.32 Å². The first-order valence-electron chi connectivity index (χ1n) is 6.92. The second-order valence-electron chi connectivity index (χ2n) is 4.82. The van der Waals surface area contributed by atoms with Crippen LogP contribution in [0.4, 0.5) is 10.1 Å². The monoisotopic (exact) mass is 355 g/mol. The molecule has 7 heteroatoms. The topological polar surface area (TPSA) is 55.4 Å². The second kappa shape index (κ2) is 7.57. The summed E-state index contributed by atoms with van der Waals surface area (Å²) >= 11 is 6.98. The van der Waals surface area contributed by atoms with Crippen LogP contribution in [-0.4, -0.2) is 18.5 Å². The molecule has 0 spiro atoms. The molecule has 0 atom stereocenters. The van der Waals surface area contributed by atoms with E-state index in [-0.39, 0.29) is 10.7 Å². The zero-order chi connectivity index (χ0) is 17.0. The SMILES string of the molecule is CCc1sc(C(=O)OCC(=O)Nc2ccc(Cl)cc2F)cc1C. The Kier molecular flexibility index (Phi) is 5.74. The predicted octanol–water partition coefficient (Wildman–Crippen LogP) is 4.21. The van der Waals surface area contributed by atoms with E-state index in [1.54, 1.807) is 6.07 Å². The van der Waals surface area contributed by atoms with E-state index in [0.717, 1.165) is 22.9 Å². The molecule has 1 amide bonds. The quantitative estimate of drug-likeness (QED) is 0.817. The molecule has 0 radical (unpaired) electrons. The zero-order valence-corrected chi connectivity index (χ0v) is 14.2. The number of nitrogens with one attached hydrogen (secondary N) is 1. The molecule has 0 saturated heterocycles. The van der Waals surface area contributed by atoms with Gasteiger partial charge >= 0.3 is 5.97 Å². The summed E-state index contributed by atoms with van der Waals surface area (Å²) in [5.74, 6) is -1.84. The molecule has 0 bridgehead atoms. The lowest BCUT2D eigenvalue weighted by atomic mass is 10.2. The van der Waals surface area contributed by atoms with Crippen LogP contribution >= 0.6 is 22.9 Å². The number of carbonyl (C=O) groups excluding carboxylic acids is 2. The van der Waals surface area contributed by atoms with Gasteiger partial charge in [0, 0.05) is 9.90 Å². The Morgan fingerprint density at radius 1 is 1.35 bits per heavy atom. The minimum absolute atomic E-state index is 0.0179. The van der Waals surface area contributed by atoms with Crippen molar-refractivity contribution in [2.45, 2.75) is 20.3 Å². The van der Waals surface area contributed by atoms with Crippen molar-refractivity contribution in [2.24, 2.45) is 0 Å². The molecule has 1 aromatic heterocycles. The third-order valence-corrected chi connectivity index (χ3v) is 4.68. The Hall–Kier alpha value is -1.92. The van der Waals surface area contributed by atoms with E-state index < -0.39 is 24.3 Å². The van der Waals surface area contributed by atoms with Gasteiger partial charge in [-0.3, -0.25) is 4.79 Å². The number of carbonyl (C=O) groups is 2. The number of amides is 1. The Labute approximate surface area is 142 Å². The number of anilines is 1. The Bertz CT molecular complexity index is 745. The third-order valence-electron chi connectivity index (χ3n) is 3.08. The summed E-state index contributed by atoms with van der Waals surface area (Å²) in [4.78, 5) is 25.2. The summed E-state index contributed by atoms with van der Waals surface area (Å²) in [6.07, 6.45) is 0.833. The average molecular weight is 356 g/mol. The van der Waals surface area contributed by atoms with Gasteiger partial charge in [0.1, 0.15) is 10.7 Å². The van der Waals surface area contributed by atoms with Crippen molar-refractivity contribution in [1.29, 1.82) is 0 Å². The van der Waals surface area contributed by atoms with E-state index >= 15 is 0 Å². The Morgan fingerprint density at radius 3 is 2.70 bits per heavy atom. The van der Waals surface area contributed by atoms with E-state index in [1.165, 1.54) is 23.5 Å². The number of thiophene rings is 1. The van der Waals surface area contributed by atoms with Crippen molar-refractivity contribution < 1.29 is 18.7 Å². The second-order valence-corrected chi connectivity index (χ2v) is 6.39. The fourth-order valence-electron chi connectivity index (χ4n) is 1.95. The smallest absolute Gasteiger partial charge is 0.348 e. The van der Waals surface area contributed by atoms with Crippen LogP contribution in [0.2, 0.25) is 5.02 Å².